The summed E-state index contributed by atoms with van der Waals surface area (Å²) in [6, 6.07) is 6.92. The van der Waals surface area contributed by atoms with Crippen molar-refractivity contribution >= 4 is 27.5 Å². The molecule has 0 aliphatic carbocycles. The zero-order chi connectivity index (χ0) is 34.3. The zero-order valence-electron chi connectivity index (χ0n) is 28.1. The van der Waals surface area contributed by atoms with Crippen LogP contribution in [0.15, 0.2) is 24.3 Å². The smallest absolute Gasteiger partial charge is 0.319 e. The molecule has 6 atom stereocenters. The van der Waals surface area contributed by atoms with Crippen molar-refractivity contribution in [3.05, 3.63) is 47.2 Å². The number of methoxy groups -OCH3 is 1. The van der Waals surface area contributed by atoms with Gasteiger partial charge in [0.05, 0.1) is 22.2 Å². The molecule has 9 nitrogen and oxygen atoms in total. The van der Waals surface area contributed by atoms with Crippen molar-refractivity contribution < 1.29 is 27.4 Å². The van der Waals surface area contributed by atoms with Gasteiger partial charge in [0.2, 0.25) is 0 Å². The SMILES string of the molecule is C#Cc1c(F)ccc2cc(OCOC)cc(-c3nc4c5c(nc(OC[C@@]67CCCN6C[C@H](F)C7)nc5c3F)N3C[C@H]5CC[C@H](N5)[C@@H]3[C@@H](C)C4)c12. The van der Waals surface area contributed by atoms with E-state index in [4.69, 9.17) is 35.6 Å². The summed E-state index contributed by atoms with van der Waals surface area (Å²) < 4.78 is 64.6. The van der Waals surface area contributed by atoms with Crippen molar-refractivity contribution in [1.29, 1.82) is 0 Å². The van der Waals surface area contributed by atoms with Crippen LogP contribution in [0.5, 0.6) is 11.8 Å². The number of fused-ring (bicyclic) bond motifs is 7. The third kappa shape index (κ3) is 4.92. The van der Waals surface area contributed by atoms with Crippen LogP contribution in [0.25, 0.3) is 32.9 Å². The molecule has 1 N–H and O–H groups in total. The van der Waals surface area contributed by atoms with Crippen molar-refractivity contribution in [3.63, 3.8) is 0 Å². The number of nitrogens with one attached hydrogen (secondary N) is 1. The number of piperazine rings is 1. The molecule has 50 heavy (non-hydrogen) atoms. The molecule has 0 amide bonds. The van der Waals surface area contributed by atoms with Gasteiger partial charge in [0, 0.05) is 55.7 Å². The third-order valence-corrected chi connectivity index (χ3v) is 11.7. The Morgan fingerprint density at radius 1 is 1.10 bits per heavy atom. The fraction of sp³-hybridized carbons (Fsp3) is 0.500. The number of halogens is 3. The van der Waals surface area contributed by atoms with E-state index in [0.29, 0.717) is 58.8 Å². The molecule has 260 valence electrons. The number of aromatic nitrogens is 3. The van der Waals surface area contributed by atoms with E-state index in [2.05, 4.69) is 28.0 Å². The van der Waals surface area contributed by atoms with Crippen LogP contribution in [-0.2, 0) is 11.2 Å². The van der Waals surface area contributed by atoms with E-state index in [1.54, 1.807) is 18.2 Å². The molecule has 0 unspecified atom stereocenters. The number of hydrogen-bond donors (Lipinski definition) is 1. The number of rotatable bonds is 7. The highest BCUT2D eigenvalue weighted by Gasteiger charge is 2.50. The first-order valence-corrected chi connectivity index (χ1v) is 17.6. The monoisotopic (exact) mass is 684 g/mol. The molecule has 2 bridgehead atoms. The lowest BCUT2D eigenvalue weighted by molar-refractivity contribution is 0.0512. The third-order valence-electron chi connectivity index (χ3n) is 11.7. The molecule has 5 aliphatic heterocycles. The summed E-state index contributed by atoms with van der Waals surface area (Å²) in [4.78, 5) is 19.3. The first kappa shape index (κ1) is 31.8. The second kappa shape index (κ2) is 12.0. The standard InChI is InChI=1S/C38H39F3N6O3/c1-4-25-27(40)8-6-21-13-24(50-19-48-3)14-26(30(21)25)33-32(41)34-31-29(43-33)12-20(2)35-28-9-7-23(42-28)17-47(35)36(31)45-37(44-34)49-18-38-10-5-11-46(38)16-22(39)15-38/h1,6,8,13-14,20,22-23,28,35,42H,5,7,9-12,15-19H2,2-3H3/t20-,22+,23+,28-,35-,38-/m0/s1. The molecule has 4 aromatic rings. The van der Waals surface area contributed by atoms with E-state index in [0.717, 1.165) is 38.8 Å². The molecule has 4 fully saturated rings. The lowest BCUT2D eigenvalue weighted by atomic mass is 9.89. The second-order valence-corrected chi connectivity index (χ2v) is 14.7. The Kier molecular flexibility index (Phi) is 7.60. The zero-order valence-corrected chi connectivity index (χ0v) is 28.1. The van der Waals surface area contributed by atoms with Gasteiger partial charge in [-0.15, -0.1) is 6.42 Å². The van der Waals surface area contributed by atoms with Gasteiger partial charge in [-0.2, -0.15) is 9.97 Å². The molecular formula is C38H39F3N6O3. The number of pyridine rings is 1. The molecule has 0 radical (unpaired) electrons. The Labute approximate surface area is 288 Å². The minimum absolute atomic E-state index is 0.00561. The van der Waals surface area contributed by atoms with Crippen molar-refractivity contribution in [2.75, 3.05) is 45.0 Å². The fourth-order valence-corrected chi connectivity index (χ4v) is 9.60. The van der Waals surface area contributed by atoms with Gasteiger partial charge < -0.3 is 24.4 Å². The molecule has 2 aromatic carbocycles. The van der Waals surface area contributed by atoms with Gasteiger partial charge in [-0.3, -0.25) is 4.90 Å². The van der Waals surface area contributed by atoms with Gasteiger partial charge in [0.15, 0.2) is 12.6 Å². The van der Waals surface area contributed by atoms with Gasteiger partial charge >= 0.3 is 6.01 Å². The minimum Gasteiger partial charge on any atom is -0.468 e. The van der Waals surface area contributed by atoms with Gasteiger partial charge in [0.25, 0.3) is 0 Å². The minimum atomic E-state index is -0.913. The molecule has 12 heteroatoms. The Morgan fingerprint density at radius 2 is 1.98 bits per heavy atom. The molecule has 4 saturated heterocycles. The highest BCUT2D eigenvalue weighted by Crippen LogP contribution is 2.46. The predicted octanol–water partition coefficient (Wildman–Crippen LogP) is 5.54. The van der Waals surface area contributed by atoms with Crippen LogP contribution >= 0.6 is 0 Å². The quantitative estimate of drug-likeness (QED) is 0.199. The Hall–Kier alpha value is -4.18. The molecule has 2 aromatic heterocycles. The van der Waals surface area contributed by atoms with Gasteiger partial charge in [-0.1, -0.05) is 18.9 Å². The average Bonchev–Trinajstić information content (AvgIpc) is 3.75. The highest BCUT2D eigenvalue weighted by atomic mass is 19.1. The lowest BCUT2D eigenvalue weighted by Gasteiger charge is -2.43. The second-order valence-electron chi connectivity index (χ2n) is 14.7. The molecule has 7 heterocycles. The van der Waals surface area contributed by atoms with E-state index >= 15 is 8.78 Å². The largest absolute Gasteiger partial charge is 0.468 e. The van der Waals surface area contributed by atoms with Crippen LogP contribution in [0, 0.1) is 29.9 Å². The Bertz CT molecular complexity index is 2070. The number of ether oxygens (including phenoxy) is 3. The lowest BCUT2D eigenvalue weighted by Crippen LogP contribution is -2.60. The van der Waals surface area contributed by atoms with E-state index in [-0.39, 0.29) is 59.7 Å². The number of anilines is 1. The first-order chi connectivity index (χ1) is 24.3. The average molecular weight is 685 g/mol. The Morgan fingerprint density at radius 3 is 2.82 bits per heavy atom. The molecule has 9 rings (SSSR count). The summed E-state index contributed by atoms with van der Waals surface area (Å²) in [6.45, 7) is 4.31. The van der Waals surface area contributed by atoms with E-state index in [1.165, 1.54) is 13.2 Å². The number of alkyl halides is 1. The van der Waals surface area contributed by atoms with Crippen LogP contribution < -0.4 is 19.7 Å². The van der Waals surface area contributed by atoms with Crippen LogP contribution in [0.3, 0.4) is 0 Å². The van der Waals surface area contributed by atoms with E-state index < -0.39 is 23.3 Å². The van der Waals surface area contributed by atoms with Gasteiger partial charge in [-0.25, -0.2) is 18.2 Å². The van der Waals surface area contributed by atoms with Crippen LogP contribution in [-0.4, -0.2) is 89.8 Å². The van der Waals surface area contributed by atoms with Crippen molar-refractivity contribution in [3.8, 4) is 35.4 Å². The summed E-state index contributed by atoms with van der Waals surface area (Å²) in [5.41, 5.74) is 0.584. The maximum Gasteiger partial charge on any atom is 0.319 e. The summed E-state index contributed by atoms with van der Waals surface area (Å²) >= 11 is 0. The topological polar surface area (TPSA) is 84.9 Å². The van der Waals surface area contributed by atoms with Crippen molar-refractivity contribution in [2.45, 2.75) is 75.3 Å². The summed E-state index contributed by atoms with van der Waals surface area (Å²) in [7, 11) is 1.51. The van der Waals surface area contributed by atoms with Gasteiger partial charge in [0.1, 0.15) is 41.4 Å². The number of benzene rings is 2. The van der Waals surface area contributed by atoms with E-state index in [1.807, 2.05) is 0 Å². The summed E-state index contributed by atoms with van der Waals surface area (Å²) in [5, 5.41) is 5.26. The predicted molar refractivity (Wildman–Crippen MR) is 183 cm³/mol. The Balaban J connectivity index is 1.26. The number of hydrogen-bond acceptors (Lipinski definition) is 9. The van der Waals surface area contributed by atoms with Crippen molar-refractivity contribution in [1.82, 2.24) is 25.2 Å². The number of nitrogens with zero attached hydrogens (tertiary/aromatic N) is 5. The summed E-state index contributed by atoms with van der Waals surface area (Å²) in [5.74, 6) is 2.32. The van der Waals surface area contributed by atoms with Crippen LogP contribution in [0.4, 0.5) is 19.0 Å². The number of terminal acetylenes is 1. The molecule has 0 spiro atoms. The van der Waals surface area contributed by atoms with Crippen molar-refractivity contribution in [2.24, 2.45) is 5.92 Å². The molecule has 5 aliphatic rings. The van der Waals surface area contributed by atoms with Crippen LogP contribution in [0.2, 0.25) is 0 Å². The summed E-state index contributed by atoms with van der Waals surface area (Å²) in [6.07, 6.45) is 9.78. The normalized spacial score (nSPS) is 28.5. The molecular weight excluding hydrogens is 645 g/mol. The molecule has 0 saturated carbocycles. The first-order valence-electron chi connectivity index (χ1n) is 17.6. The van der Waals surface area contributed by atoms with Gasteiger partial charge in [-0.05, 0) is 68.2 Å². The fourth-order valence-electron chi connectivity index (χ4n) is 9.60. The van der Waals surface area contributed by atoms with Crippen LogP contribution in [0.1, 0.15) is 50.3 Å². The highest BCUT2D eigenvalue weighted by molar-refractivity contribution is 6.03. The maximum atomic E-state index is 17.4. The van der Waals surface area contributed by atoms with E-state index in [9.17, 15) is 4.39 Å². The maximum absolute atomic E-state index is 17.4.